The summed E-state index contributed by atoms with van der Waals surface area (Å²) in [6, 6.07) is 13.8. The summed E-state index contributed by atoms with van der Waals surface area (Å²) >= 11 is 0. The van der Waals surface area contributed by atoms with E-state index < -0.39 is 23.8 Å². The zero-order valence-corrected chi connectivity index (χ0v) is 23.6. The van der Waals surface area contributed by atoms with Gasteiger partial charge in [0.15, 0.2) is 0 Å². The molecule has 0 saturated heterocycles. The van der Waals surface area contributed by atoms with Gasteiger partial charge in [-0.05, 0) is 69.2 Å². The number of nitrogens with zero attached hydrogens (tertiary/aromatic N) is 1. The molecule has 2 atom stereocenters. The fourth-order valence-corrected chi connectivity index (χ4v) is 4.14. The van der Waals surface area contributed by atoms with Crippen LogP contribution in [-0.2, 0) is 20.9 Å². The van der Waals surface area contributed by atoms with Crippen LogP contribution in [0.25, 0.3) is 0 Å². The van der Waals surface area contributed by atoms with E-state index in [1.807, 2.05) is 83.1 Å². The second-order valence-corrected chi connectivity index (χ2v) is 10.8. The third-order valence-electron chi connectivity index (χ3n) is 6.16. The van der Waals surface area contributed by atoms with Crippen molar-refractivity contribution in [2.24, 2.45) is 5.92 Å². The van der Waals surface area contributed by atoms with E-state index in [0.29, 0.717) is 19.5 Å². The Kier molecular flexibility index (Phi) is 10.7. The van der Waals surface area contributed by atoms with E-state index in [2.05, 4.69) is 10.6 Å². The van der Waals surface area contributed by atoms with Crippen molar-refractivity contribution in [2.75, 3.05) is 6.54 Å². The van der Waals surface area contributed by atoms with E-state index >= 15 is 0 Å². The van der Waals surface area contributed by atoms with Gasteiger partial charge in [-0.1, -0.05) is 69.3 Å². The van der Waals surface area contributed by atoms with Crippen molar-refractivity contribution in [3.63, 3.8) is 0 Å². The quantitative estimate of drug-likeness (QED) is 0.446. The number of alkyl carbamates (subject to hydrolysis) is 1. The maximum atomic E-state index is 14.0. The summed E-state index contributed by atoms with van der Waals surface area (Å²) in [6.07, 6.45) is -0.0103. The summed E-state index contributed by atoms with van der Waals surface area (Å²) in [7, 11) is 0. The Morgan fingerprint density at radius 3 is 2.19 bits per heavy atom. The Morgan fingerprint density at radius 2 is 1.62 bits per heavy atom. The fourth-order valence-electron chi connectivity index (χ4n) is 4.14. The SMILES string of the molecule is CCCN(C(=O)C(NC(=O)OC(C)(C)C)C(C)C)C(C(=O)NCc1ccccc1)c1cccc(C)c1C. The van der Waals surface area contributed by atoms with Crippen molar-refractivity contribution in [2.45, 2.75) is 86.0 Å². The van der Waals surface area contributed by atoms with Crippen LogP contribution in [0.5, 0.6) is 0 Å². The van der Waals surface area contributed by atoms with Crippen LogP contribution in [0.2, 0.25) is 0 Å². The lowest BCUT2D eigenvalue weighted by molar-refractivity contribution is -0.143. The Balaban J connectivity index is 2.47. The Labute approximate surface area is 222 Å². The van der Waals surface area contributed by atoms with Crippen LogP contribution in [0.4, 0.5) is 4.79 Å². The van der Waals surface area contributed by atoms with Gasteiger partial charge < -0.3 is 20.3 Å². The number of amides is 3. The zero-order valence-electron chi connectivity index (χ0n) is 23.6. The van der Waals surface area contributed by atoms with E-state index in [0.717, 1.165) is 22.3 Å². The van der Waals surface area contributed by atoms with E-state index in [1.54, 1.807) is 25.7 Å². The molecule has 7 nitrogen and oxygen atoms in total. The van der Waals surface area contributed by atoms with E-state index in [9.17, 15) is 14.4 Å². The second-order valence-electron chi connectivity index (χ2n) is 10.8. The second kappa shape index (κ2) is 13.3. The standard InChI is InChI=1S/C30H43N3O4/c1-9-18-33(28(35)25(20(2)3)32-29(36)37-30(6,7)8)26(24-17-13-14-21(4)22(24)5)27(34)31-19-23-15-11-10-12-16-23/h10-17,20,25-26H,9,18-19H2,1-8H3,(H,31,34)(H,32,36). The first-order chi connectivity index (χ1) is 17.4. The number of benzene rings is 2. The molecule has 0 bridgehead atoms. The molecule has 37 heavy (non-hydrogen) atoms. The molecule has 0 saturated carbocycles. The molecular formula is C30H43N3O4. The van der Waals surface area contributed by atoms with Crippen molar-refractivity contribution in [3.05, 3.63) is 70.8 Å². The molecule has 2 aromatic carbocycles. The van der Waals surface area contributed by atoms with Crippen molar-refractivity contribution in [1.29, 1.82) is 0 Å². The van der Waals surface area contributed by atoms with Crippen LogP contribution in [0.1, 0.15) is 76.3 Å². The first kappa shape index (κ1) is 29.9. The summed E-state index contributed by atoms with van der Waals surface area (Å²) in [5.74, 6) is -0.798. The van der Waals surface area contributed by atoms with Gasteiger partial charge in [-0.25, -0.2) is 4.79 Å². The number of carbonyl (C=O) groups excluding carboxylic acids is 3. The van der Waals surface area contributed by atoms with Crippen molar-refractivity contribution in [3.8, 4) is 0 Å². The van der Waals surface area contributed by atoms with Crippen molar-refractivity contribution < 1.29 is 19.1 Å². The lowest BCUT2D eigenvalue weighted by atomic mass is 9.94. The number of ether oxygens (including phenoxy) is 1. The molecule has 202 valence electrons. The summed E-state index contributed by atoms with van der Waals surface area (Å²) < 4.78 is 5.42. The highest BCUT2D eigenvalue weighted by Crippen LogP contribution is 2.28. The highest BCUT2D eigenvalue weighted by Gasteiger charge is 2.37. The number of rotatable bonds is 10. The molecule has 0 aliphatic heterocycles. The van der Waals surface area contributed by atoms with Gasteiger partial charge in [-0.3, -0.25) is 9.59 Å². The predicted octanol–water partition coefficient (Wildman–Crippen LogP) is 5.45. The molecule has 0 radical (unpaired) electrons. The van der Waals surface area contributed by atoms with Gasteiger partial charge in [0.2, 0.25) is 11.8 Å². The number of carbonyl (C=O) groups is 3. The van der Waals surface area contributed by atoms with Crippen molar-refractivity contribution >= 4 is 17.9 Å². The predicted molar refractivity (Wildman–Crippen MR) is 147 cm³/mol. The van der Waals surface area contributed by atoms with Crippen LogP contribution in [0, 0.1) is 19.8 Å². The first-order valence-corrected chi connectivity index (χ1v) is 13.0. The molecule has 2 aromatic rings. The number of hydrogen-bond acceptors (Lipinski definition) is 4. The van der Waals surface area contributed by atoms with E-state index in [4.69, 9.17) is 4.74 Å². The third kappa shape index (κ3) is 8.62. The smallest absolute Gasteiger partial charge is 0.408 e. The van der Waals surface area contributed by atoms with Crippen LogP contribution in [-0.4, -0.2) is 41.0 Å². The minimum Gasteiger partial charge on any atom is -0.444 e. The maximum Gasteiger partial charge on any atom is 0.408 e. The molecule has 2 unspecified atom stereocenters. The average Bonchev–Trinajstić information content (AvgIpc) is 2.82. The Bertz CT molecular complexity index is 1060. The van der Waals surface area contributed by atoms with Crippen LogP contribution in [0.3, 0.4) is 0 Å². The van der Waals surface area contributed by atoms with Crippen LogP contribution in [0.15, 0.2) is 48.5 Å². The molecule has 0 spiro atoms. The largest absolute Gasteiger partial charge is 0.444 e. The number of hydrogen-bond donors (Lipinski definition) is 2. The molecule has 0 heterocycles. The lowest BCUT2D eigenvalue weighted by Crippen LogP contribution is -2.55. The first-order valence-electron chi connectivity index (χ1n) is 13.0. The number of aryl methyl sites for hydroxylation is 1. The monoisotopic (exact) mass is 509 g/mol. The fraction of sp³-hybridized carbons (Fsp3) is 0.500. The van der Waals surface area contributed by atoms with Crippen LogP contribution < -0.4 is 10.6 Å². The molecule has 0 fully saturated rings. The van der Waals surface area contributed by atoms with Gasteiger partial charge in [0.1, 0.15) is 17.7 Å². The van der Waals surface area contributed by atoms with Crippen LogP contribution >= 0.6 is 0 Å². The molecule has 2 N–H and O–H groups in total. The molecule has 3 amide bonds. The summed E-state index contributed by atoms with van der Waals surface area (Å²) in [4.78, 5) is 42.0. The van der Waals surface area contributed by atoms with Gasteiger partial charge in [-0.15, -0.1) is 0 Å². The molecule has 2 rings (SSSR count). The highest BCUT2D eigenvalue weighted by atomic mass is 16.6. The summed E-state index contributed by atoms with van der Waals surface area (Å²) in [6.45, 7) is 15.7. The van der Waals surface area contributed by atoms with E-state index in [1.165, 1.54) is 0 Å². The third-order valence-corrected chi connectivity index (χ3v) is 6.16. The average molecular weight is 510 g/mol. The summed E-state index contributed by atoms with van der Waals surface area (Å²) in [5, 5.41) is 5.79. The lowest BCUT2D eigenvalue weighted by Gasteiger charge is -2.36. The topological polar surface area (TPSA) is 87.7 Å². The maximum absolute atomic E-state index is 14.0. The zero-order chi connectivity index (χ0) is 27.8. The molecular weight excluding hydrogens is 466 g/mol. The van der Waals surface area contributed by atoms with Gasteiger partial charge in [0.05, 0.1) is 0 Å². The molecule has 0 aliphatic rings. The highest BCUT2D eigenvalue weighted by molar-refractivity contribution is 5.92. The van der Waals surface area contributed by atoms with Gasteiger partial charge in [-0.2, -0.15) is 0 Å². The van der Waals surface area contributed by atoms with Crippen molar-refractivity contribution in [1.82, 2.24) is 15.5 Å². The van der Waals surface area contributed by atoms with Gasteiger partial charge >= 0.3 is 6.09 Å². The minimum absolute atomic E-state index is 0.217. The molecule has 0 aromatic heterocycles. The Morgan fingerprint density at radius 1 is 0.973 bits per heavy atom. The summed E-state index contributed by atoms with van der Waals surface area (Å²) in [5.41, 5.74) is 3.03. The molecule has 0 aliphatic carbocycles. The normalized spacial score (nSPS) is 13.0. The number of nitrogens with one attached hydrogen (secondary N) is 2. The minimum atomic E-state index is -0.851. The van der Waals surface area contributed by atoms with E-state index in [-0.39, 0.29) is 17.7 Å². The Hall–Kier alpha value is -3.35. The molecule has 7 heteroatoms. The van der Waals surface area contributed by atoms with Gasteiger partial charge in [0.25, 0.3) is 0 Å². The van der Waals surface area contributed by atoms with Gasteiger partial charge in [0, 0.05) is 13.1 Å².